The number of rotatable bonds is 4. The highest BCUT2D eigenvalue weighted by molar-refractivity contribution is 6.03. The number of nitrogens with zero attached hydrogens (tertiary/aromatic N) is 4. The van der Waals surface area contributed by atoms with Gasteiger partial charge in [-0.15, -0.1) is 0 Å². The summed E-state index contributed by atoms with van der Waals surface area (Å²) in [6.07, 6.45) is -3.08. The predicted molar refractivity (Wildman–Crippen MR) is 112 cm³/mol. The van der Waals surface area contributed by atoms with E-state index < -0.39 is 17.6 Å². The molecule has 4 rings (SSSR count). The van der Waals surface area contributed by atoms with Crippen molar-refractivity contribution in [3.63, 3.8) is 0 Å². The Morgan fingerprint density at radius 2 is 1.52 bits per heavy atom. The number of alkyl halides is 3. The molecule has 1 saturated heterocycles. The molecule has 0 radical (unpaired) electrons. The van der Waals surface area contributed by atoms with Crippen LogP contribution < -0.4 is 15.1 Å². The molecule has 0 saturated carbocycles. The number of anilines is 3. The van der Waals surface area contributed by atoms with Crippen molar-refractivity contribution in [3.8, 4) is 0 Å². The Labute approximate surface area is 177 Å². The van der Waals surface area contributed by atoms with Gasteiger partial charge >= 0.3 is 6.18 Å². The highest BCUT2D eigenvalue weighted by Crippen LogP contribution is 2.29. The van der Waals surface area contributed by atoms with Gasteiger partial charge < -0.3 is 15.1 Å². The first-order valence-electron chi connectivity index (χ1n) is 9.76. The van der Waals surface area contributed by atoms with Gasteiger partial charge in [-0.05, 0) is 36.4 Å². The minimum Gasteiger partial charge on any atom is -0.368 e. The third kappa shape index (κ3) is 4.93. The maximum atomic E-state index is 12.7. The van der Waals surface area contributed by atoms with E-state index in [9.17, 15) is 18.0 Å². The van der Waals surface area contributed by atoms with Gasteiger partial charge in [0.15, 0.2) is 0 Å². The number of hydrogen-bond donors (Lipinski definition) is 1. The Morgan fingerprint density at radius 3 is 2.16 bits per heavy atom. The van der Waals surface area contributed by atoms with Crippen LogP contribution in [0.5, 0.6) is 0 Å². The number of carbonyl (C=O) groups excluding carboxylic acids is 1. The molecular weight excluding hydrogens is 407 g/mol. The van der Waals surface area contributed by atoms with Gasteiger partial charge in [-0.3, -0.25) is 4.79 Å². The van der Waals surface area contributed by atoms with E-state index in [1.165, 1.54) is 12.0 Å². The second-order valence-corrected chi connectivity index (χ2v) is 7.10. The molecule has 1 fully saturated rings. The van der Waals surface area contributed by atoms with Crippen LogP contribution in [0.3, 0.4) is 0 Å². The zero-order valence-electron chi connectivity index (χ0n) is 16.5. The zero-order valence-corrected chi connectivity index (χ0v) is 16.5. The molecule has 0 bridgehead atoms. The lowest BCUT2D eigenvalue weighted by Crippen LogP contribution is -2.46. The molecule has 1 aromatic heterocycles. The van der Waals surface area contributed by atoms with Crippen LogP contribution in [0.2, 0.25) is 0 Å². The average Bonchev–Trinajstić information content (AvgIpc) is 2.79. The van der Waals surface area contributed by atoms with Crippen LogP contribution in [0.1, 0.15) is 15.9 Å². The van der Waals surface area contributed by atoms with Crippen molar-refractivity contribution >= 4 is 23.2 Å². The predicted octanol–water partition coefficient (Wildman–Crippen LogP) is 4.07. The summed E-state index contributed by atoms with van der Waals surface area (Å²) >= 11 is 0. The number of piperazine rings is 1. The minimum absolute atomic E-state index is 0.115. The molecule has 9 heteroatoms. The molecule has 2 aromatic carbocycles. The maximum absolute atomic E-state index is 12.7. The van der Waals surface area contributed by atoms with Gasteiger partial charge in [0.05, 0.1) is 5.56 Å². The number of nitrogens with one attached hydrogen (secondary N) is 1. The third-order valence-corrected chi connectivity index (χ3v) is 5.09. The molecule has 0 aliphatic carbocycles. The lowest BCUT2D eigenvalue weighted by atomic mass is 10.1. The molecular formula is C22H20F3N5O. The Bertz CT molecular complexity index is 1030. The summed E-state index contributed by atoms with van der Waals surface area (Å²) in [5.74, 6) is 0.443. The van der Waals surface area contributed by atoms with Gasteiger partial charge in [0, 0.05) is 43.5 Å². The first-order chi connectivity index (χ1) is 14.9. The Hall–Kier alpha value is -3.62. The number of carbonyl (C=O) groups is 1. The van der Waals surface area contributed by atoms with E-state index >= 15 is 0 Å². The van der Waals surface area contributed by atoms with E-state index in [1.54, 1.807) is 6.07 Å². The number of hydrogen-bond acceptors (Lipinski definition) is 5. The van der Waals surface area contributed by atoms with Gasteiger partial charge in [0.25, 0.3) is 5.91 Å². The number of benzene rings is 2. The minimum atomic E-state index is -4.44. The lowest BCUT2D eigenvalue weighted by molar-refractivity contribution is -0.137. The number of aromatic nitrogens is 2. The normalized spacial score (nSPS) is 14.4. The van der Waals surface area contributed by atoms with Crippen molar-refractivity contribution in [2.24, 2.45) is 0 Å². The van der Waals surface area contributed by atoms with Crippen LogP contribution in [0, 0.1) is 0 Å². The van der Waals surface area contributed by atoms with Crippen molar-refractivity contribution in [2.45, 2.75) is 6.18 Å². The average molecular weight is 427 g/mol. The molecule has 0 atom stereocenters. The monoisotopic (exact) mass is 427 g/mol. The standard InChI is InChI=1S/C22H20F3N5O/c23-22(24,25)17-8-6-16(7-9-17)21(31)28-19-14-20(27-15-26-19)30-12-10-29(11-13-30)18-4-2-1-3-5-18/h1-9,14-15H,10-13H2,(H,26,27,28,31). The molecule has 1 aliphatic heterocycles. The van der Waals surface area contributed by atoms with Crippen LogP contribution in [-0.4, -0.2) is 42.1 Å². The molecule has 1 amide bonds. The van der Waals surface area contributed by atoms with Crippen LogP contribution in [-0.2, 0) is 6.18 Å². The summed E-state index contributed by atoms with van der Waals surface area (Å²) in [4.78, 5) is 25.2. The number of para-hydroxylation sites is 1. The fraction of sp³-hybridized carbons (Fsp3) is 0.227. The van der Waals surface area contributed by atoms with Gasteiger partial charge in [-0.25, -0.2) is 9.97 Å². The van der Waals surface area contributed by atoms with Gasteiger partial charge in [0.1, 0.15) is 18.0 Å². The smallest absolute Gasteiger partial charge is 0.368 e. The fourth-order valence-corrected chi connectivity index (χ4v) is 3.42. The van der Waals surface area contributed by atoms with Gasteiger partial charge in [-0.1, -0.05) is 18.2 Å². The summed E-state index contributed by atoms with van der Waals surface area (Å²) < 4.78 is 38.1. The molecule has 2 heterocycles. The largest absolute Gasteiger partial charge is 0.416 e. The van der Waals surface area contributed by atoms with Crippen LogP contribution in [0.25, 0.3) is 0 Å². The summed E-state index contributed by atoms with van der Waals surface area (Å²) in [5, 5.41) is 2.62. The van der Waals surface area contributed by atoms with E-state index in [2.05, 4.69) is 37.2 Å². The Balaban J connectivity index is 1.39. The highest BCUT2D eigenvalue weighted by atomic mass is 19.4. The summed E-state index contributed by atoms with van der Waals surface area (Å²) in [5.41, 5.74) is 0.488. The molecule has 1 aliphatic rings. The van der Waals surface area contributed by atoms with Crippen LogP contribution in [0.15, 0.2) is 67.0 Å². The van der Waals surface area contributed by atoms with Crippen molar-refractivity contribution in [3.05, 3.63) is 78.1 Å². The zero-order chi connectivity index (χ0) is 21.8. The van der Waals surface area contributed by atoms with E-state index in [0.717, 1.165) is 50.4 Å². The summed E-state index contributed by atoms with van der Waals surface area (Å²) in [6.45, 7) is 3.19. The molecule has 160 valence electrons. The molecule has 0 unspecified atom stereocenters. The van der Waals surface area contributed by atoms with Crippen molar-refractivity contribution in [1.82, 2.24) is 9.97 Å². The Kier molecular flexibility index (Phi) is 5.75. The molecule has 1 N–H and O–H groups in total. The Morgan fingerprint density at radius 1 is 0.871 bits per heavy atom. The third-order valence-electron chi connectivity index (χ3n) is 5.09. The summed E-state index contributed by atoms with van der Waals surface area (Å²) in [6, 6.07) is 15.9. The van der Waals surface area contributed by atoms with Crippen molar-refractivity contribution < 1.29 is 18.0 Å². The van der Waals surface area contributed by atoms with Crippen LogP contribution in [0.4, 0.5) is 30.5 Å². The number of amides is 1. The maximum Gasteiger partial charge on any atom is 0.416 e. The quantitative estimate of drug-likeness (QED) is 0.680. The van der Waals surface area contributed by atoms with Crippen molar-refractivity contribution in [1.29, 1.82) is 0 Å². The van der Waals surface area contributed by atoms with Gasteiger partial charge in [0.2, 0.25) is 0 Å². The highest BCUT2D eigenvalue weighted by Gasteiger charge is 2.30. The topological polar surface area (TPSA) is 61.4 Å². The van der Waals surface area contributed by atoms with E-state index in [-0.39, 0.29) is 5.56 Å². The first kappa shape index (κ1) is 20.6. The first-order valence-corrected chi connectivity index (χ1v) is 9.76. The molecule has 0 spiro atoms. The van der Waals surface area contributed by atoms with Gasteiger partial charge in [-0.2, -0.15) is 13.2 Å². The second-order valence-electron chi connectivity index (χ2n) is 7.10. The van der Waals surface area contributed by atoms with Crippen LogP contribution >= 0.6 is 0 Å². The summed E-state index contributed by atoms with van der Waals surface area (Å²) in [7, 11) is 0. The lowest BCUT2D eigenvalue weighted by Gasteiger charge is -2.36. The molecule has 31 heavy (non-hydrogen) atoms. The number of halogens is 3. The van der Waals surface area contributed by atoms with E-state index in [0.29, 0.717) is 11.6 Å². The van der Waals surface area contributed by atoms with E-state index in [4.69, 9.17) is 0 Å². The van der Waals surface area contributed by atoms with Crippen molar-refractivity contribution in [2.75, 3.05) is 41.3 Å². The molecule has 6 nitrogen and oxygen atoms in total. The molecule has 3 aromatic rings. The second kappa shape index (κ2) is 8.63. The van der Waals surface area contributed by atoms with E-state index in [1.807, 2.05) is 18.2 Å². The SMILES string of the molecule is O=C(Nc1cc(N2CCN(c3ccccc3)CC2)ncn1)c1ccc(C(F)(F)F)cc1. The fourth-order valence-electron chi connectivity index (χ4n) is 3.42.